The van der Waals surface area contributed by atoms with Crippen LogP contribution in [0.25, 0.3) is 0 Å². The van der Waals surface area contributed by atoms with Crippen molar-refractivity contribution >= 4 is 17.7 Å². The van der Waals surface area contributed by atoms with Crippen molar-refractivity contribution in [1.82, 2.24) is 10.6 Å². The highest BCUT2D eigenvalue weighted by molar-refractivity contribution is 5.91. The summed E-state index contributed by atoms with van der Waals surface area (Å²) < 4.78 is 0. The normalized spacial score (nSPS) is 13.0. The van der Waals surface area contributed by atoms with E-state index in [9.17, 15) is 14.4 Å². The van der Waals surface area contributed by atoms with Gasteiger partial charge in [0.05, 0.1) is 0 Å². The van der Waals surface area contributed by atoms with E-state index >= 15 is 0 Å². The topological polar surface area (TPSA) is 127 Å². The molecule has 23 heavy (non-hydrogen) atoms. The monoisotopic (exact) mass is 320 g/mol. The van der Waals surface area contributed by atoms with E-state index < -0.39 is 23.9 Å². The zero-order chi connectivity index (χ0) is 17.2. The summed E-state index contributed by atoms with van der Waals surface area (Å²) in [6.45, 7) is 1.74. The molecular weight excluding hydrogens is 296 g/mol. The zero-order valence-corrected chi connectivity index (χ0v) is 13.2. The molecule has 0 aliphatic rings. The van der Waals surface area contributed by atoms with E-state index in [1.54, 1.807) is 0 Å². The van der Waals surface area contributed by atoms with Gasteiger partial charge in [0, 0.05) is 13.3 Å². The third-order valence-electron chi connectivity index (χ3n) is 3.33. The van der Waals surface area contributed by atoms with Crippen LogP contribution in [0.5, 0.6) is 0 Å². The summed E-state index contributed by atoms with van der Waals surface area (Å²) in [4.78, 5) is 35.1. The lowest BCUT2D eigenvalue weighted by Gasteiger charge is -2.21. The fourth-order valence-corrected chi connectivity index (χ4v) is 2.18. The van der Waals surface area contributed by atoms with Crippen LogP contribution in [-0.4, -0.2) is 36.3 Å². The molecule has 2 atom stereocenters. The minimum atomic E-state index is -0.834. The fourth-order valence-electron chi connectivity index (χ4n) is 2.18. The molecule has 0 aromatic heterocycles. The van der Waals surface area contributed by atoms with Gasteiger partial charge in [0.2, 0.25) is 17.7 Å². The van der Waals surface area contributed by atoms with Gasteiger partial charge in [-0.1, -0.05) is 30.3 Å². The number of hydrogen-bond acceptors (Lipinski definition) is 4. The predicted octanol–water partition coefficient (Wildman–Crippen LogP) is -0.557. The predicted molar refractivity (Wildman–Crippen MR) is 87.2 cm³/mol. The molecule has 2 unspecified atom stereocenters. The van der Waals surface area contributed by atoms with Crippen LogP contribution in [0.15, 0.2) is 30.3 Å². The number of carbonyl (C=O) groups excluding carboxylic acids is 3. The summed E-state index contributed by atoms with van der Waals surface area (Å²) in [5.74, 6) is -1.38. The maximum atomic E-state index is 12.3. The SMILES string of the molecule is CC(=O)NC(CCCN)C(=O)NC(Cc1ccccc1)C(N)=O. The summed E-state index contributed by atoms with van der Waals surface area (Å²) in [6.07, 6.45) is 1.28. The first-order valence-electron chi connectivity index (χ1n) is 7.54. The average molecular weight is 320 g/mol. The van der Waals surface area contributed by atoms with Crippen molar-refractivity contribution in [2.75, 3.05) is 6.54 Å². The van der Waals surface area contributed by atoms with Gasteiger partial charge >= 0.3 is 0 Å². The molecular formula is C16H24N4O3. The number of primary amides is 1. The lowest BCUT2D eigenvalue weighted by atomic mass is 10.0. The molecule has 0 fully saturated rings. The number of carbonyl (C=O) groups is 3. The van der Waals surface area contributed by atoms with Crippen molar-refractivity contribution in [1.29, 1.82) is 0 Å². The van der Waals surface area contributed by atoms with Gasteiger partial charge in [0.25, 0.3) is 0 Å². The number of benzene rings is 1. The number of hydrogen-bond donors (Lipinski definition) is 4. The van der Waals surface area contributed by atoms with Crippen LogP contribution in [0.2, 0.25) is 0 Å². The minimum Gasteiger partial charge on any atom is -0.368 e. The third-order valence-corrected chi connectivity index (χ3v) is 3.33. The second kappa shape index (κ2) is 9.58. The van der Waals surface area contributed by atoms with Crippen LogP contribution in [0.1, 0.15) is 25.3 Å². The molecule has 126 valence electrons. The molecule has 0 heterocycles. The highest BCUT2D eigenvalue weighted by Crippen LogP contribution is 2.04. The maximum Gasteiger partial charge on any atom is 0.243 e. The smallest absolute Gasteiger partial charge is 0.243 e. The van der Waals surface area contributed by atoms with Crippen LogP contribution in [-0.2, 0) is 20.8 Å². The summed E-state index contributed by atoms with van der Waals surface area (Å²) >= 11 is 0. The largest absolute Gasteiger partial charge is 0.368 e. The Bertz CT molecular complexity index is 533. The van der Waals surface area contributed by atoms with Crippen LogP contribution in [0.4, 0.5) is 0 Å². The molecule has 1 aromatic carbocycles. The Kier molecular flexibility index (Phi) is 7.76. The van der Waals surface area contributed by atoms with E-state index in [4.69, 9.17) is 11.5 Å². The molecule has 6 N–H and O–H groups in total. The van der Waals surface area contributed by atoms with Gasteiger partial charge in [-0.15, -0.1) is 0 Å². The van der Waals surface area contributed by atoms with Crippen molar-refractivity contribution in [3.8, 4) is 0 Å². The lowest BCUT2D eigenvalue weighted by Crippen LogP contribution is -2.53. The van der Waals surface area contributed by atoms with Crippen molar-refractivity contribution in [3.63, 3.8) is 0 Å². The van der Waals surface area contributed by atoms with E-state index in [-0.39, 0.29) is 5.91 Å². The first kappa shape index (κ1) is 18.6. The maximum absolute atomic E-state index is 12.3. The van der Waals surface area contributed by atoms with E-state index in [1.807, 2.05) is 30.3 Å². The quantitative estimate of drug-likeness (QED) is 0.486. The number of rotatable bonds is 9. The molecule has 7 nitrogen and oxygen atoms in total. The van der Waals surface area contributed by atoms with Gasteiger partial charge in [0.15, 0.2) is 0 Å². The number of nitrogens with one attached hydrogen (secondary N) is 2. The molecule has 0 spiro atoms. The van der Waals surface area contributed by atoms with Crippen molar-refractivity contribution < 1.29 is 14.4 Å². The van der Waals surface area contributed by atoms with Gasteiger partial charge in [-0.25, -0.2) is 0 Å². The summed E-state index contributed by atoms with van der Waals surface area (Å²) in [5.41, 5.74) is 11.7. The molecule has 1 aromatic rings. The van der Waals surface area contributed by atoms with Crippen molar-refractivity contribution in [2.24, 2.45) is 11.5 Å². The standard InChI is InChI=1S/C16H24N4O3/c1-11(21)19-13(8-5-9-17)16(23)20-14(15(18)22)10-12-6-3-2-4-7-12/h2-4,6-7,13-14H,5,8-10,17H2,1H3,(H2,18,22)(H,19,21)(H,20,23). The molecule has 0 saturated heterocycles. The first-order chi connectivity index (χ1) is 10.9. The zero-order valence-electron chi connectivity index (χ0n) is 13.2. The Hall–Kier alpha value is -2.41. The molecule has 0 saturated carbocycles. The lowest BCUT2D eigenvalue weighted by molar-refractivity contribution is -0.131. The van der Waals surface area contributed by atoms with Crippen LogP contribution in [0, 0.1) is 0 Å². The fraction of sp³-hybridized carbons (Fsp3) is 0.438. The van der Waals surface area contributed by atoms with Gasteiger partial charge in [0.1, 0.15) is 12.1 Å². The van der Waals surface area contributed by atoms with E-state index in [0.717, 1.165) is 5.56 Å². The third kappa shape index (κ3) is 6.92. The minimum absolute atomic E-state index is 0.297. The van der Waals surface area contributed by atoms with Gasteiger partial charge in [-0.3, -0.25) is 14.4 Å². The Balaban J connectivity index is 2.74. The highest BCUT2D eigenvalue weighted by atomic mass is 16.2. The number of amides is 3. The van der Waals surface area contributed by atoms with Gasteiger partial charge in [-0.05, 0) is 24.9 Å². The molecule has 0 radical (unpaired) electrons. The molecule has 1 rings (SSSR count). The molecule has 3 amide bonds. The summed E-state index contributed by atoms with van der Waals surface area (Å²) in [6, 6.07) is 7.69. The van der Waals surface area contributed by atoms with E-state index in [0.29, 0.717) is 25.8 Å². The van der Waals surface area contributed by atoms with E-state index in [1.165, 1.54) is 6.92 Å². The second-order valence-corrected chi connectivity index (χ2v) is 5.34. The summed E-state index contributed by atoms with van der Waals surface area (Å²) in [5, 5.41) is 5.17. The van der Waals surface area contributed by atoms with Gasteiger partial charge in [-0.2, -0.15) is 0 Å². The molecule has 7 heteroatoms. The van der Waals surface area contributed by atoms with E-state index in [2.05, 4.69) is 10.6 Å². The Morgan fingerprint density at radius 3 is 2.26 bits per heavy atom. The molecule has 0 aliphatic carbocycles. The molecule has 0 aliphatic heterocycles. The second-order valence-electron chi connectivity index (χ2n) is 5.34. The number of nitrogens with two attached hydrogens (primary N) is 2. The van der Waals surface area contributed by atoms with Crippen LogP contribution >= 0.6 is 0 Å². The average Bonchev–Trinajstić information content (AvgIpc) is 2.51. The Labute approximate surface area is 135 Å². The van der Waals surface area contributed by atoms with Crippen molar-refractivity contribution in [3.05, 3.63) is 35.9 Å². The summed E-state index contributed by atoms with van der Waals surface area (Å²) in [7, 11) is 0. The molecule has 0 bridgehead atoms. The Morgan fingerprint density at radius 1 is 1.09 bits per heavy atom. The van der Waals surface area contributed by atoms with Crippen molar-refractivity contribution in [2.45, 2.75) is 38.3 Å². The Morgan fingerprint density at radius 2 is 1.74 bits per heavy atom. The van der Waals surface area contributed by atoms with Crippen LogP contribution in [0.3, 0.4) is 0 Å². The van der Waals surface area contributed by atoms with Crippen LogP contribution < -0.4 is 22.1 Å². The highest BCUT2D eigenvalue weighted by Gasteiger charge is 2.24. The van der Waals surface area contributed by atoms with Gasteiger partial charge < -0.3 is 22.1 Å². The first-order valence-corrected chi connectivity index (χ1v) is 7.54.